The van der Waals surface area contributed by atoms with E-state index >= 15 is 0 Å². The molecule has 2 N–H and O–H groups in total. The first-order chi connectivity index (χ1) is 6.63. The van der Waals surface area contributed by atoms with Gasteiger partial charge in [0, 0.05) is 6.42 Å². The topological polar surface area (TPSA) is 38.4 Å². The summed E-state index contributed by atoms with van der Waals surface area (Å²) in [6, 6.07) is 4.28. The zero-order valence-electron chi connectivity index (χ0n) is 7.93. The molecule has 0 spiro atoms. The summed E-state index contributed by atoms with van der Waals surface area (Å²) in [7, 11) is 0. The van der Waals surface area contributed by atoms with Gasteiger partial charge in [-0.05, 0) is 24.6 Å². The molecule has 76 valence electrons. The van der Waals surface area contributed by atoms with Crippen LogP contribution in [-0.2, 0) is 0 Å². The van der Waals surface area contributed by atoms with E-state index in [0.29, 0.717) is 11.5 Å². The summed E-state index contributed by atoms with van der Waals surface area (Å²) >= 11 is 5.59. The van der Waals surface area contributed by atoms with E-state index < -0.39 is 5.82 Å². The molecule has 0 bridgehead atoms. The van der Waals surface area contributed by atoms with E-state index in [0.717, 1.165) is 12.8 Å². The van der Waals surface area contributed by atoms with Crippen molar-refractivity contribution < 1.29 is 4.39 Å². The van der Waals surface area contributed by atoms with Crippen molar-refractivity contribution in [2.45, 2.75) is 19.8 Å². The molecule has 0 aromatic heterocycles. The van der Waals surface area contributed by atoms with Crippen molar-refractivity contribution in [3.63, 3.8) is 0 Å². The molecule has 0 aliphatic heterocycles. The number of hydrogen-bond acceptors (Lipinski definition) is 1. The highest BCUT2D eigenvalue weighted by Gasteiger charge is 2.00. The van der Waals surface area contributed by atoms with E-state index in [9.17, 15) is 4.39 Å². The van der Waals surface area contributed by atoms with Gasteiger partial charge in [-0.15, -0.1) is 0 Å². The van der Waals surface area contributed by atoms with E-state index in [-0.39, 0.29) is 5.02 Å². The lowest BCUT2D eigenvalue weighted by molar-refractivity contribution is 0.628. The Morgan fingerprint density at radius 3 is 2.86 bits per heavy atom. The van der Waals surface area contributed by atoms with Crippen molar-refractivity contribution >= 4 is 23.1 Å². The molecule has 1 aromatic carbocycles. The highest BCUT2D eigenvalue weighted by atomic mass is 35.5. The van der Waals surface area contributed by atoms with Gasteiger partial charge >= 0.3 is 0 Å². The zero-order chi connectivity index (χ0) is 10.6. The molecule has 1 aromatic rings. The molecule has 0 radical (unpaired) electrons. The van der Waals surface area contributed by atoms with Crippen LogP contribution in [0.2, 0.25) is 5.02 Å². The molecule has 0 aliphatic rings. The van der Waals surface area contributed by atoms with Crippen LogP contribution in [-0.4, -0.2) is 5.84 Å². The molecular formula is C10H12ClFN2. The second-order valence-electron chi connectivity index (χ2n) is 2.95. The smallest absolute Gasteiger partial charge is 0.141 e. The lowest BCUT2D eigenvalue weighted by Gasteiger charge is -1.99. The molecule has 14 heavy (non-hydrogen) atoms. The molecule has 1 rings (SSSR count). The SMILES string of the molecule is CCCC(N)=Nc1ccc(F)c(Cl)c1. The van der Waals surface area contributed by atoms with E-state index in [1.807, 2.05) is 6.92 Å². The molecule has 4 heteroatoms. The van der Waals surface area contributed by atoms with Crippen molar-refractivity contribution in [1.82, 2.24) is 0 Å². The summed E-state index contributed by atoms with van der Waals surface area (Å²) < 4.78 is 12.8. The van der Waals surface area contributed by atoms with Crippen LogP contribution in [0.3, 0.4) is 0 Å². The van der Waals surface area contributed by atoms with Crippen LogP contribution in [0.4, 0.5) is 10.1 Å². The quantitative estimate of drug-likeness (QED) is 0.609. The second kappa shape index (κ2) is 4.96. The maximum atomic E-state index is 12.8. The van der Waals surface area contributed by atoms with Crippen molar-refractivity contribution in [3.8, 4) is 0 Å². The lowest BCUT2D eigenvalue weighted by Crippen LogP contribution is -2.09. The molecule has 2 nitrogen and oxygen atoms in total. The first-order valence-electron chi connectivity index (χ1n) is 4.41. The number of halogens is 2. The predicted octanol–water partition coefficient (Wildman–Crippen LogP) is 3.27. The summed E-state index contributed by atoms with van der Waals surface area (Å²) in [5, 5.41) is 0.0653. The Morgan fingerprint density at radius 1 is 1.57 bits per heavy atom. The summed E-state index contributed by atoms with van der Waals surface area (Å²) in [6.45, 7) is 2.01. The predicted molar refractivity (Wildman–Crippen MR) is 57.6 cm³/mol. The van der Waals surface area contributed by atoms with Crippen LogP contribution >= 0.6 is 11.6 Å². The zero-order valence-corrected chi connectivity index (χ0v) is 8.68. The van der Waals surface area contributed by atoms with Gasteiger partial charge in [0.15, 0.2) is 0 Å². The third kappa shape index (κ3) is 3.00. The summed E-state index contributed by atoms with van der Waals surface area (Å²) in [5.74, 6) is 0.0925. The molecule has 0 heterocycles. The minimum absolute atomic E-state index is 0.0653. The average Bonchev–Trinajstić information content (AvgIpc) is 2.12. The fourth-order valence-electron chi connectivity index (χ4n) is 1.03. The minimum Gasteiger partial charge on any atom is -0.387 e. The molecule has 0 aliphatic carbocycles. The second-order valence-corrected chi connectivity index (χ2v) is 3.36. The lowest BCUT2D eigenvalue weighted by atomic mass is 10.3. The third-order valence-electron chi connectivity index (χ3n) is 1.68. The fraction of sp³-hybridized carbons (Fsp3) is 0.300. The Balaban J connectivity index is 2.87. The molecule has 0 unspecified atom stereocenters. The Kier molecular flexibility index (Phi) is 3.89. The van der Waals surface area contributed by atoms with Gasteiger partial charge in [-0.2, -0.15) is 0 Å². The summed E-state index contributed by atoms with van der Waals surface area (Å²) in [6.07, 6.45) is 1.67. The van der Waals surface area contributed by atoms with Crippen molar-refractivity contribution in [1.29, 1.82) is 0 Å². The Labute approximate surface area is 87.6 Å². The monoisotopic (exact) mass is 214 g/mol. The number of aliphatic imine (C=N–C) groups is 1. The van der Waals surface area contributed by atoms with E-state index in [1.165, 1.54) is 12.1 Å². The Bertz CT molecular complexity index is 350. The van der Waals surface area contributed by atoms with Gasteiger partial charge in [-0.25, -0.2) is 9.38 Å². The number of nitrogens with two attached hydrogens (primary N) is 1. The van der Waals surface area contributed by atoms with Crippen LogP contribution in [0.15, 0.2) is 23.2 Å². The number of hydrogen-bond donors (Lipinski definition) is 1. The number of amidine groups is 1. The summed E-state index contributed by atoms with van der Waals surface area (Å²) in [5.41, 5.74) is 6.20. The van der Waals surface area contributed by atoms with Crippen LogP contribution in [0.1, 0.15) is 19.8 Å². The van der Waals surface area contributed by atoms with Crippen molar-refractivity contribution in [2.75, 3.05) is 0 Å². The number of benzene rings is 1. The minimum atomic E-state index is -0.445. The van der Waals surface area contributed by atoms with Gasteiger partial charge in [0.1, 0.15) is 5.82 Å². The van der Waals surface area contributed by atoms with E-state index in [2.05, 4.69) is 4.99 Å². The van der Waals surface area contributed by atoms with Crippen LogP contribution in [0, 0.1) is 5.82 Å². The average molecular weight is 215 g/mol. The van der Waals surface area contributed by atoms with Gasteiger partial charge in [0.05, 0.1) is 16.5 Å². The van der Waals surface area contributed by atoms with Crippen LogP contribution < -0.4 is 5.73 Å². The molecule has 0 saturated carbocycles. The largest absolute Gasteiger partial charge is 0.387 e. The van der Waals surface area contributed by atoms with E-state index in [4.69, 9.17) is 17.3 Å². The fourth-order valence-corrected chi connectivity index (χ4v) is 1.21. The normalized spacial score (nSPS) is 11.8. The Hall–Kier alpha value is -1.09. The van der Waals surface area contributed by atoms with Gasteiger partial charge in [0.2, 0.25) is 0 Å². The first kappa shape index (κ1) is 11.0. The highest BCUT2D eigenvalue weighted by Crippen LogP contribution is 2.21. The first-order valence-corrected chi connectivity index (χ1v) is 4.79. The number of nitrogens with zero attached hydrogens (tertiary/aromatic N) is 1. The van der Waals surface area contributed by atoms with Crippen molar-refractivity contribution in [3.05, 3.63) is 29.0 Å². The maximum Gasteiger partial charge on any atom is 0.141 e. The molecular weight excluding hydrogens is 203 g/mol. The van der Waals surface area contributed by atoms with Crippen LogP contribution in [0.5, 0.6) is 0 Å². The molecule has 0 saturated heterocycles. The van der Waals surface area contributed by atoms with Crippen LogP contribution in [0.25, 0.3) is 0 Å². The maximum absolute atomic E-state index is 12.8. The van der Waals surface area contributed by atoms with Crippen molar-refractivity contribution in [2.24, 2.45) is 10.7 Å². The molecule has 0 fully saturated rings. The molecule has 0 atom stereocenters. The van der Waals surface area contributed by atoms with Gasteiger partial charge < -0.3 is 5.73 Å². The number of rotatable bonds is 3. The molecule has 0 amide bonds. The highest BCUT2D eigenvalue weighted by molar-refractivity contribution is 6.31. The Morgan fingerprint density at radius 2 is 2.29 bits per heavy atom. The third-order valence-corrected chi connectivity index (χ3v) is 1.97. The standard InChI is InChI=1S/C10H12ClFN2/c1-2-3-10(13)14-7-4-5-9(12)8(11)6-7/h4-6H,2-3H2,1H3,(H2,13,14). The van der Waals surface area contributed by atoms with Gasteiger partial charge in [-0.1, -0.05) is 18.5 Å². The van der Waals surface area contributed by atoms with Gasteiger partial charge in [-0.3, -0.25) is 0 Å². The van der Waals surface area contributed by atoms with E-state index in [1.54, 1.807) is 6.07 Å². The summed E-state index contributed by atoms with van der Waals surface area (Å²) in [4.78, 5) is 4.09. The van der Waals surface area contributed by atoms with Gasteiger partial charge in [0.25, 0.3) is 0 Å².